The molecule has 1 unspecified atom stereocenters. The molecule has 0 aromatic heterocycles. The van der Waals surface area contributed by atoms with Gasteiger partial charge in [-0.1, -0.05) is 6.92 Å². The minimum Gasteiger partial charge on any atom is -0.379 e. The van der Waals surface area contributed by atoms with Crippen molar-refractivity contribution >= 4 is 17.5 Å². The minimum atomic E-state index is -0.174. The molecule has 2 rings (SSSR count). The van der Waals surface area contributed by atoms with Crippen LogP contribution in [-0.2, 0) is 14.3 Å². The summed E-state index contributed by atoms with van der Waals surface area (Å²) in [5, 5.41) is 8.29. The first kappa shape index (κ1) is 16.9. The Morgan fingerprint density at radius 1 is 1.36 bits per heavy atom. The molecule has 2 amide bonds. The minimum absolute atomic E-state index is 0.0525. The average Bonchev–Trinajstić information content (AvgIpc) is 2.55. The summed E-state index contributed by atoms with van der Waals surface area (Å²) in [5.41, 5.74) is 0.346. The highest BCUT2D eigenvalue weighted by atomic mass is 16.5. The molecule has 0 aromatic carbocycles. The van der Waals surface area contributed by atoms with Crippen LogP contribution in [0.25, 0.3) is 0 Å². The number of hydrogen-bond donors (Lipinski definition) is 1. The Morgan fingerprint density at radius 2 is 2.05 bits per heavy atom. The number of carbonyl (C=O) groups is 2. The largest absolute Gasteiger partial charge is 0.379 e. The van der Waals surface area contributed by atoms with E-state index in [0.717, 1.165) is 32.7 Å². The lowest BCUT2D eigenvalue weighted by atomic mass is 9.95. The highest BCUT2D eigenvalue weighted by Gasteiger charge is 2.32. The summed E-state index contributed by atoms with van der Waals surface area (Å²) >= 11 is 0. The van der Waals surface area contributed by atoms with E-state index in [9.17, 15) is 9.59 Å². The molecule has 1 saturated heterocycles. The number of ether oxygens (including phenoxy) is 1. The van der Waals surface area contributed by atoms with Gasteiger partial charge in [0, 0.05) is 45.1 Å². The summed E-state index contributed by atoms with van der Waals surface area (Å²) in [6.07, 6.45) is 1.70. The molecular weight excluding hydrogens is 284 g/mol. The van der Waals surface area contributed by atoms with Crippen molar-refractivity contribution in [3.8, 4) is 0 Å². The van der Waals surface area contributed by atoms with E-state index in [-0.39, 0.29) is 17.4 Å². The predicted octanol–water partition coefficient (Wildman–Crippen LogP) is 0.212. The van der Waals surface area contributed by atoms with E-state index in [1.54, 1.807) is 7.05 Å². The molecule has 22 heavy (non-hydrogen) atoms. The third-order valence-corrected chi connectivity index (χ3v) is 4.64. The Kier molecular flexibility index (Phi) is 5.52. The standard InChI is InChI=1S/C15H26N4O3/c1-4-15(2,19-7-9-22-10-8-19)11-16-14(21)12-5-6-13(20)18(3)17-12/h4-11H2,1-3H3,(H,16,21). The van der Waals surface area contributed by atoms with Gasteiger partial charge in [0.25, 0.3) is 5.91 Å². The van der Waals surface area contributed by atoms with Crippen LogP contribution in [-0.4, -0.2) is 72.9 Å². The Morgan fingerprint density at radius 3 is 2.64 bits per heavy atom. The fourth-order valence-corrected chi connectivity index (χ4v) is 2.77. The molecule has 2 heterocycles. The van der Waals surface area contributed by atoms with Crippen molar-refractivity contribution in [1.29, 1.82) is 0 Å². The summed E-state index contributed by atoms with van der Waals surface area (Å²) in [5.74, 6) is -0.226. The number of carbonyl (C=O) groups excluding carboxylic acids is 2. The predicted molar refractivity (Wildman–Crippen MR) is 83.5 cm³/mol. The van der Waals surface area contributed by atoms with E-state index >= 15 is 0 Å². The van der Waals surface area contributed by atoms with Crippen LogP contribution in [0, 0.1) is 0 Å². The first-order valence-corrected chi connectivity index (χ1v) is 7.91. The molecule has 1 atom stereocenters. The first-order chi connectivity index (χ1) is 10.5. The topological polar surface area (TPSA) is 74.2 Å². The van der Waals surface area contributed by atoms with E-state index in [0.29, 0.717) is 25.1 Å². The average molecular weight is 310 g/mol. The van der Waals surface area contributed by atoms with Crippen LogP contribution in [0.1, 0.15) is 33.1 Å². The molecule has 1 fully saturated rings. The quantitative estimate of drug-likeness (QED) is 0.788. The number of rotatable bonds is 5. The molecule has 0 spiro atoms. The Bertz CT molecular complexity index is 460. The number of nitrogens with one attached hydrogen (secondary N) is 1. The molecular formula is C15H26N4O3. The second-order valence-electron chi connectivity index (χ2n) is 6.10. The normalized spacial score (nSPS) is 23.0. The van der Waals surface area contributed by atoms with E-state index in [2.05, 4.69) is 29.2 Å². The Hall–Kier alpha value is -1.47. The second kappa shape index (κ2) is 7.19. The maximum atomic E-state index is 12.3. The smallest absolute Gasteiger partial charge is 0.267 e. The van der Waals surface area contributed by atoms with Gasteiger partial charge in [0.05, 0.1) is 13.2 Å². The summed E-state index contributed by atoms with van der Waals surface area (Å²) < 4.78 is 5.40. The van der Waals surface area contributed by atoms with E-state index < -0.39 is 0 Å². The maximum Gasteiger partial charge on any atom is 0.267 e. The molecule has 0 bridgehead atoms. The van der Waals surface area contributed by atoms with E-state index in [1.807, 2.05) is 0 Å². The summed E-state index contributed by atoms with van der Waals surface area (Å²) in [4.78, 5) is 26.0. The fraction of sp³-hybridized carbons (Fsp3) is 0.800. The van der Waals surface area contributed by atoms with Crippen LogP contribution in [0.15, 0.2) is 5.10 Å². The summed E-state index contributed by atoms with van der Waals surface area (Å²) in [6, 6.07) is 0. The van der Waals surface area contributed by atoms with Crippen LogP contribution >= 0.6 is 0 Å². The number of amides is 2. The lowest BCUT2D eigenvalue weighted by molar-refractivity contribution is -0.130. The zero-order chi connectivity index (χ0) is 16.2. The fourth-order valence-electron chi connectivity index (χ4n) is 2.77. The lowest BCUT2D eigenvalue weighted by Gasteiger charge is -2.43. The van der Waals surface area contributed by atoms with Crippen molar-refractivity contribution in [3.05, 3.63) is 0 Å². The van der Waals surface area contributed by atoms with E-state index in [1.165, 1.54) is 5.01 Å². The van der Waals surface area contributed by atoms with Crippen LogP contribution < -0.4 is 5.32 Å². The van der Waals surface area contributed by atoms with Gasteiger partial charge in [-0.15, -0.1) is 0 Å². The van der Waals surface area contributed by atoms with Crippen molar-refractivity contribution in [2.24, 2.45) is 5.10 Å². The number of morpholine rings is 1. The summed E-state index contributed by atoms with van der Waals surface area (Å²) in [6.45, 7) is 8.12. The van der Waals surface area contributed by atoms with Crippen LogP contribution in [0.2, 0.25) is 0 Å². The van der Waals surface area contributed by atoms with Gasteiger partial charge in [0.1, 0.15) is 5.71 Å². The highest BCUT2D eigenvalue weighted by Crippen LogP contribution is 2.20. The molecule has 0 aliphatic carbocycles. The lowest BCUT2D eigenvalue weighted by Crippen LogP contribution is -2.57. The van der Waals surface area contributed by atoms with Crippen LogP contribution in [0.3, 0.4) is 0 Å². The van der Waals surface area contributed by atoms with Gasteiger partial charge in [-0.2, -0.15) is 5.10 Å². The zero-order valence-electron chi connectivity index (χ0n) is 13.7. The number of nitrogens with zero attached hydrogens (tertiary/aromatic N) is 3. The molecule has 0 saturated carbocycles. The van der Waals surface area contributed by atoms with Gasteiger partial charge < -0.3 is 10.1 Å². The number of hydrogen-bond acceptors (Lipinski definition) is 5. The van der Waals surface area contributed by atoms with Gasteiger partial charge in [0.2, 0.25) is 5.91 Å². The van der Waals surface area contributed by atoms with Gasteiger partial charge in [0.15, 0.2) is 0 Å². The molecule has 0 aromatic rings. The Labute approximate surface area is 131 Å². The molecule has 1 N–H and O–H groups in total. The van der Waals surface area contributed by atoms with Gasteiger partial charge in [-0.05, 0) is 13.3 Å². The van der Waals surface area contributed by atoms with Gasteiger partial charge >= 0.3 is 0 Å². The van der Waals surface area contributed by atoms with Crippen molar-refractivity contribution in [2.45, 2.75) is 38.6 Å². The van der Waals surface area contributed by atoms with Crippen molar-refractivity contribution < 1.29 is 14.3 Å². The number of hydrazone groups is 1. The molecule has 2 aliphatic heterocycles. The highest BCUT2D eigenvalue weighted by molar-refractivity contribution is 6.39. The van der Waals surface area contributed by atoms with Crippen molar-refractivity contribution in [3.63, 3.8) is 0 Å². The Balaban J connectivity index is 1.93. The van der Waals surface area contributed by atoms with E-state index in [4.69, 9.17) is 4.74 Å². The molecule has 0 radical (unpaired) electrons. The van der Waals surface area contributed by atoms with Crippen molar-refractivity contribution in [1.82, 2.24) is 15.2 Å². The third kappa shape index (κ3) is 3.84. The first-order valence-electron chi connectivity index (χ1n) is 7.91. The maximum absolute atomic E-state index is 12.3. The molecule has 7 nitrogen and oxygen atoms in total. The molecule has 7 heteroatoms. The summed E-state index contributed by atoms with van der Waals surface area (Å²) in [7, 11) is 1.58. The second-order valence-corrected chi connectivity index (χ2v) is 6.10. The van der Waals surface area contributed by atoms with Gasteiger partial charge in [-0.3, -0.25) is 14.5 Å². The zero-order valence-corrected chi connectivity index (χ0v) is 13.7. The van der Waals surface area contributed by atoms with Crippen molar-refractivity contribution in [2.75, 3.05) is 39.9 Å². The van der Waals surface area contributed by atoms with Crippen LogP contribution in [0.4, 0.5) is 0 Å². The SMILES string of the molecule is CCC(C)(CNC(=O)C1=NN(C)C(=O)CC1)N1CCOCC1. The molecule has 2 aliphatic rings. The molecule has 124 valence electrons. The third-order valence-electron chi connectivity index (χ3n) is 4.64. The van der Waals surface area contributed by atoms with Gasteiger partial charge in [-0.25, -0.2) is 5.01 Å². The monoisotopic (exact) mass is 310 g/mol. The van der Waals surface area contributed by atoms with Crippen LogP contribution in [0.5, 0.6) is 0 Å².